The summed E-state index contributed by atoms with van der Waals surface area (Å²) in [4.78, 5) is 15.2. The Morgan fingerprint density at radius 2 is 1.77 bits per heavy atom. The van der Waals surface area contributed by atoms with E-state index in [9.17, 15) is 13.2 Å². The van der Waals surface area contributed by atoms with Gasteiger partial charge in [-0.1, -0.05) is 24.6 Å². The van der Waals surface area contributed by atoms with Crippen LogP contribution >= 0.6 is 11.3 Å². The van der Waals surface area contributed by atoms with Gasteiger partial charge in [-0.05, 0) is 44.0 Å². The van der Waals surface area contributed by atoms with Crippen LogP contribution in [0.25, 0.3) is 0 Å². The van der Waals surface area contributed by atoms with Crippen LogP contribution in [0.5, 0.6) is 0 Å². The first kappa shape index (κ1) is 19.1. The highest BCUT2D eigenvalue weighted by Gasteiger charge is 2.27. The molecule has 0 bridgehead atoms. The van der Waals surface area contributed by atoms with Crippen molar-refractivity contribution < 1.29 is 13.2 Å². The Morgan fingerprint density at radius 1 is 1.08 bits per heavy atom. The lowest BCUT2D eigenvalue weighted by Gasteiger charge is -2.25. The number of para-hydroxylation sites is 1. The molecule has 5 nitrogen and oxygen atoms in total. The second-order valence-corrected chi connectivity index (χ2v) is 9.67. The molecular formula is C19H24N2O3S2. The van der Waals surface area contributed by atoms with Gasteiger partial charge in [0.25, 0.3) is 10.0 Å². The van der Waals surface area contributed by atoms with E-state index in [4.69, 9.17) is 0 Å². The summed E-state index contributed by atoms with van der Waals surface area (Å²) < 4.78 is 27.4. The number of likely N-dealkylation sites (N-methyl/N-ethyl adjacent to an activating group) is 1. The van der Waals surface area contributed by atoms with Crippen molar-refractivity contribution in [3.05, 3.63) is 47.3 Å². The van der Waals surface area contributed by atoms with Gasteiger partial charge >= 0.3 is 0 Å². The molecule has 0 spiro atoms. The number of rotatable bonds is 6. The number of carbonyl (C=O) groups excluding carboxylic acids is 1. The Hall–Kier alpha value is -1.70. The number of benzene rings is 1. The maximum Gasteiger partial charge on any atom is 0.252 e. The third kappa shape index (κ3) is 4.16. The van der Waals surface area contributed by atoms with E-state index in [-0.39, 0.29) is 12.3 Å². The van der Waals surface area contributed by atoms with Crippen molar-refractivity contribution in [3.8, 4) is 0 Å². The van der Waals surface area contributed by atoms with Crippen LogP contribution in [-0.2, 0) is 21.2 Å². The van der Waals surface area contributed by atoms with Gasteiger partial charge in [-0.15, -0.1) is 11.3 Å². The van der Waals surface area contributed by atoms with E-state index < -0.39 is 10.0 Å². The van der Waals surface area contributed by atoms with Crippen molar-refractivity contribution in [1.29, 1.82) is 0 Å². The fraction of sp³-hybridized carbons (Fsp3) is 0.421. The Kier molecular flexibility index (Phi) is 6.11. The summed E-state index contributed by atoms with van der Waals surface area (Å²) in [5.41, 5.74) is 0.859. The number of nitrogens with zero attached hydrogens (tertiary/aromatic N) is 2. The fourth-order valence-electron chi connectivity index (χ4n) is 3.18. The van der Waals surface area contributed by atoms with Crippen LogP contribution in [0.1, 0.15) is 31.1 Å². The zero-order valence-corrected chi connectivity index (χ0v) is 16.6. The number of amides is 1. The van der Waals surface area contributed by atoms with Gasteiger partial charge in [0.1, 0.15) is 4.21 Å². The van der Waals surface area contributed by atoms with Crippen molar-refractivity contribution in [2.24, 2.45) is 0 Å². The van der Waals surface area contributed by atoms with E-state index in [2.05, 4.69) is 0 Å². The molecule has 2 heterocycles. The van der Waals surface area contributed by atoms with Gasteiger partial charge < -0.3 is 4.90 Å². The molecule has 0 radical (unpaired) electrons. The SMILES string of the molecule is CCN(C(=O)Cc1ccc(S(=O)(=O)N2CCCCC2)s1)c1ccccc1. The summed E-state index contributed by atoms with van der Waals surface area (Å²) in [5, 5.41) is 0. The van der Waals surface area contributed by atoms with Crippen LogP contribution in [0.15, 0.2) is 46.7 Å². The Labute approximate surface area is 159 Å². The van der Waals surface area contributed by atoms with E-state index in [1.54, 1.807) is 21.3 Å². The maximum atomic E-state index is 12.7. The summed E-state index contributed by atoms with van der Waals surface area (Å²) in [6.07, 6.45) is 3.13. The van der Waals surface area contributed by atoms with Crippen LogP contribution in [0.3, 0.4) is 0 Å². The molecule has 7 heteroatoms. The van der Waals surface area contributed by atoms with Crippen molar-refractivity contribution in [2.75, 3.05) is 24.5 Å². The smallest absolute Gasteiger partial charge is 0.252 e. The number of thiophene rings is 1. The van der Waals surface area contributed by atoms with Crippen LogP contribution in [0, 0.1) is 0 Å². The summed E-state index contributed by atoms with van der Waals surface area (Å²) in [6.45, 7) is 3.69. The quantitative estimate of drug-likeness (QED) is 0.756. The highest BCUT2D eigenvalue weighted by atomic mass is 32.2. The molecule has 140 valence electrons. The van der Waals surface area contributed by atoms with Gasteiger partial charge in [0.05, 0.1) is 6.42 Å². The molecule has 3 rings (SSSR count). The minimum absolute atomic E-state index is 0.0255. The van der Waals surface area contributed by atoms with E-state index in [1.807, 2.05) is 37.3 Å². The second kappa shape index (κ2) is 8.33. The largest absolute Gasteiger partial charge is 0.312 e. The van der Waals surface area contributed by atoms with E-state index in [0.29, 0.717) is 23.8 Å². The lowest BCUT2D eigenvalue weighted by Crippen LogP contribution is -2.35. The van der Waals surface area contributed by atoms with Gasteiger partial charge in [0.15, 0.2) is 0 Å². The second-order valence-electron chi connectivity index (χ2n) is 6.34. The predicted molar refractivity (Wildman–Crippen MR) is 105 cm³/mol. The topological polar surface area (TPSA) is 57.7 Å². The monoisotopic (exact) mass is 392 g/mol. The molecule has 1 amide bonds. The molecule has 1 aromatic carbocycles. The van der Waals surface area contributed by atoms with Crippen LogP contribution < -0.4 is 4.90 Å². The van der Waals surface area contributed by atoms with Gasteiger partial charge in [0, 0.05) is 30.2 Å². The minimum atomic E-state index is -3.43. The van der Waals surface area contributed by atoms with Crippen molar-refractivity contribution in [3.63, 3.8) is 0 Å². The van der Waals surface area contributed by atoms with Crippen LogP contribution in [0.2, 0.25) is 0 Å². The molecule has 1 aromatic heterocycles. The number of hydrogen-bond acceptors (Lipinski definition) is 4. The maximum absolute atomic E-state index is 12.7. The van der Waals surface area contributed by atoms with Gasteiger partial charge in [0.2, 0.25) is 5.91 Å². The van der Waals surface area contributed by atoms with Crippen LogP contribution in [-0.4, -0.2) is 38.3 Å². The lowest BCUT2D eigenvalue weighted by molar-refractivity contribution is -0.117. The fourth-order valence-corrected chi connectivity index (χ4v) is 6.20. The zero-order valence-electron chi connectivity index (χ0n) is 14.9. The molecule has 0 unspecified atom stereocenters. The van der Waals surface area contributed by atoms with E-state index in [1.165, 1.54) is 11.3 Å². The number of anilines is 1. The molecule has 1 saturated heterocycles. The van der Waals surface area contributed by atoms with Crippen molar-refractivity contribution in [2.45, 2.75) is 36.8 Å². The summed E-state index contributed by atoms with van der Waals surface area (Å²) in [6, 6.07) is 12.9. The number of sulfonamides is 1. The van der Waals surface area contributed by atoms with Gasteiger partial charge in [-0.3, -0.25) is 4.79 Å². The van der Waals surface area contributed by atoms with Gasteiger partial charge in [-0.2, -0.15) is 4.31 Å². The predicted octanol–water partition coefficient (Wildman–Crippen LogP) is 3.52. The van der Waals surface area contributed by atoms with Gasteiger partial charge in [-0.25, -0.2) is 8.42 Å². The summed E-state index contributed by atoms with van der Waals surface area (Å²) >= 11 is 1.21. The molecular weight excluding hydrogens is 368 g/mol. The summed E-state index contributed by atoms with van der Waals surface area (Å²) in [5.74, 6) is -0.0255. The number of carbonyl (C=O) groups is 1. The highest BCUT2D eigenvalue weighted by Crippen LogP contribution is 2.28. The Bertz CT molecular complexity index is 841. The third-order valence-corrected chi connectivity index (χ3v) is 8.01. The van der Waals surface area contributed by atoms with E-state index in [0.717, 1.165) is 29.8 Å². The molecule has 0 N–H and O–H groups in total. The average molecular weight is 393 g/mol. The van der Waals surface area contributed by atoms with Crippen molar-refractivity contribution in [1.82, 2.24) is 4.31 Å². The van der Waals surface area contributed by atoms with E-state index >= 15 is 0 Å². The standard InChI is InChI=1S/C19H24N2O3S2/c1-2-21(16-9-5-3-6-10-16)18(22)15-17-11-12-19(25-17)26(23,24)20-13-7-4-8-14-20/h3,5-6,9-12H,2,4,7-8,13-15H2,1H3. The first-order valence-electron chi connectivity index (χ1n) is 8.96. The molecule has 26 heavy (non-hydrogen) atoms. The lowest BCUT2D eigenvalue weighted by atomic mass is 10.2. The first-order valence-corrected chi connectivity index (χ1v) is 11.2. The molecule has 1 aliphatic rings. The molecule has 1 fully saturated rings. The Morgan fingerprint density at radius 3 is 2.42 bits per heavy atom. The average Bonchev–Trinajstić information content (AvgIpc) is 3.13. The molecule has 0 atom stereocenters. The highest BCUT2D eigenvalue weighted by molar-refractivity contribution is 7.91. The summed E-state index contributed by atoms with van der Waals surface area (Å²) in [7, 11) is -3.43. The van der Waals surface area contributed by atoms with Crippen molar-refractivity contribution >= 4 is 33.0 Å². The molecule has 1 aliphatic heterocycles. The first-order chi connectivity index (χ1) is 12.5. The van der Waals surface area contributed by atoms with Crippen LogP contribution in [0.4, 0.5) is 5.69 Å². The minimum Gasteiger partial charge on any atom is -0.312 e. The number of piperidine rings is 1. The number of hydrogen-bond donors (Lipinski definition) is 0. The molecule has 0 aliphatic carbocycles. The normalized spacial score (nSPS) is 15.7. The Balaban J connectivity index is 1.72. The molecule has 2 aromatic rings. The third-order valence-electron chi connectivity index (χ3n) is 4.56. The zero-order chi connectivity index (χ0) is 18.6. The molecule has 0 saturated carbocycles.